The molecule has 0 unspecified atom stereocenters. The molecule has 1 aliphatic rings. The maximum absolute atomic E-state index is 13.4. The van der Waals surface area contributed by atoms with Crippen LogP contribution < -0.4 is 16.8 Å². The molecule has 0 spiro atoms. The van der Waals surface area contributed by atoms with Crippen molar-refractivity contribution in [3.63, 3.8) is 0 Å². The van der Waals surface area contributed by atoms with Crippen LogP contribution in [0.1, 0.15) is 18.9 Å². The zero-order valence-corrected chi connectivity index (χ0v) is 17.6. The highest BCUT2D eigenvalue weighted by atomic mass is 32.1. The van der Waals surface area contributed by atoms with E-state index in [2.05, 4.69) is 25.4 Å². The zero-order chi connectivity index (χ0) is 24.3. The summed E-state index contributed by atoms with van der Waals surface area (Å²) in [7, 11) is 0. The standard InChI is InChI=1S/C18H15F5N8OS/c1-16(14(25)33)8-10(24)27-12(28-11(8)29-15(16)32)9-7-3-2-5-26-13(7)31(30-9)6-4-17(19,20)18(21,22)23/h2-3,5H,4,6H2,1H3,(H2,25,33)(H3,24,27,28,29,32)/t16-/m1/s1. The number of fused-ring (bicyclic) bond motifs is 2. The van der Waals surface area contributed by atoms with Crippen molar-refractivity contribution >= 4 is 45.8 Å². The largest absolute Gasteiger partial charge is 0.453 e. The molecule has 3 aromatic heterocycles. The number of carbonyl (C=O) groups is 1. The Balaban J connectivity index is 1.80. The summed E-state index contributed by atoms with van der Waals surface area (Å²) in [6.07, 6.45) is -5.91. The second kappa shape index (κ2) is 7.26. The average Bonchev–Trinajstić information content (AvgIpc) is 3.21. The predicted molar refractivity (Wildman–Crippen MR) is 111 cm³/mol. The number of hydrogen-bond donors (Lipinski definition) is 3. The number of rotatable bonds is 5. The summed E-state index contributed by atoms with van der Waals surface area (Å²) in [5.41, 5.74) is 10.6. The molecule has 3 aromatic rings. The number of halogens is 5. The molecule has 9 nitrogen and oxygen atoms in total. The van der Waals surface area contributed by atoms with Crippen LogP contribution in [-0.4, -0.2) is 47.7 Å². The van der Waals surface area contributed by atoms with Crippen molar-refractivity contribution in [1.82, 2.24) is 24.7 Å². The first-order valence-electron chi connectivity index (χ1n) is 9.33. The van der Waals surface area contributed by atoms with Gasteiger partial charge in [0.25, 0.3) is 0 Å². The summed E-state index contributed by atoms with van der Waals surface area (Å²) in [6.45, 7) is 0.682. The number of carbonyl (C=O) groups excluding carboxylic acids is 1. The minimum Gasteiger partial charge on any atom is -0.392 e. The van der Waals surface area contributed by atoms with Gasteiger partial charge in [-0.3, -0.25) is 4.79 Å². The molecule has 5 N–H and O–H groups in total. The zero-order valence-electron chi connectivity index (χ0n) is 16.7. The Morgan fingerprint density at radius 3 is 2.61 bits per heavy atom. The van der Waals surface area contributed by atoms with E-state index in [0.29, 0.717) is 0 Å². The van der Waals surface area contributed by atoms with E-state index in [1.165, 1.54) is 25.3 Å². The van der Waals surface area contributed by atoms with Crippen LogP contribution in [0.2, 0.25) is 0 Å². The molecule has 0 aromatic carbocycles. The molecule has 0 radical (unpaired) electrons. The first-order chi connectivity index (χ1) is 15.3. The highest BCUT2D eigenvalue weighted by Gasteiger charge is 2.56. The van der Waals surface area contributed by atoms with Crippen molar-refractivity contribution in [3.8, 4) is 11.5 Å². The Morgan fingerprint density at radius 1 is 1.27 bits per heavy atom. The number of nitrogens with two attached hydrogens (primary N) is 2. The van der Waals surface area contributed by atoms with Crippen LogP contribution in [0.15, 0.2) is 18.3 Å². The predicted octanol–water partition coefficient (Wildman–Crippen LogP) is 2.55. The lowest BCUT2D eigenvalue weighted by atomic mass is 9.84. The Labute approximate surface area is 187 Å². The molecular formula is C18H15F5N8OS. The maximum Gasteiger partial charge on any atom is 0.453 e. The third kappa shape index (κ3) is 3.42. The molecule has 0 aliphatic carbocycles. The number of nitrogens with one attached hydrogen (secondary N) is 1. The van der Waals surface area contributed by atoms with Crippen molar-refractivity contribution in [1.29, 1.82) is 0 Å². The topological polar surface area (TPSA) is 138 Å². The van der Waals surface area contributed by atoms with E-state index in [1.807, 2.05) is 0 Å². The van der Waals surface area contributed by atoms with Crippen LogP contribution in [0.3, 0.4) is 0 Å². The molecule has 33 heavy (non-hydrogen) atoms. The molecule has 4 heterocycles. The molecule has 1 amide bonds. The molecule has 15 heteroatoms. The van der Waals surface area contributed by atoms with Crippen LogP contribution in [0.25, 0.3) is 22.6 Å². The van der Waals surface area contributed by atoms with E-state index >= 15 is 0 Å². The van der Waals surface area contributed by atoms with Crippen molar-refractivity contribution < 1.29 is 26.7 Å². The van der Waals surface area contributed by atoms with Gasteiger partial charge in [-0.2, -0.15) is 27.1 Å². The first-order valence-corrected chi connectivity index (χ1v) is 9.74. The summed E-state index contributed by atoms with van der Waals surface area (Å²) in [6, 6.07) is 3.04. The van der Waals surface area contributed by atoms with Crippen molar-refractivity contribution in [2.75, 3.05) is 11.1 Å². The second-order valence-electron chi connectivity index (χ2n) is 7.50. The molecule has 4 rings (SSSR count). The molecule has 0 fully saturated rings. The fraction of sp³-hybridized carbons (Fsp3) is 0.333. The number of hydrogen-bond acceptors (Lipinski definition) is 7. The van der Waals surface area contributed by atoms with Crippen molar-refractivity contribution in [2.45, 2.75) is 37.4 Å². The van der Waals surface area contributed by atoms with Crippen LogP contribution in [-0.2, 0) is 16.8 Å². The minimum absolute atomic E-state index is 0.0288. The molecule has 1 atom stereocenters. The van der Waals surface area contributed by atoms with Gasteiger partial charge in [-0.15, -0.1) is 0 Å². The smallest absolute Gasteiger partial charge is 0.392 e. The van der Waals surface area contributed by atoms with Gasteiger partial charge in [0.05, 0.1) is 15.9 Å². The van der Waals surface area contributed by atoms with Gasteiger partial charge in [-0.05, 0) is 19.1 Å². The lowest BCUT2D eigenvalue weighted by Crippen LogP contribution is -2.43. The minimum atomic E-state index is -5.70. The van der Waals surface area contributed by atoms with Gasteiger partial charge in [0.2, 0.25) is 5.91 Å². The molecule has 0 saturated heterocycles. The summed E-state index contributed by atoms with van der Waals surface area (Å²) >= 11 is 5.00. The number of anilines is 2. The van der Waals surface area contributed by atoms with Gasteiger partial charge >= 0.3 is 12.1 Å². The summed E-state index contributed by atoms with van der Waals surface area (Å²) in [5.74, 6) is -5.66. The summed E-state index contributed by atoms with van der Waals surface area (Å²) in [5, 5.41) is 6.92. The molecule has 1 aliphatic heterocycles. The highest BCUT2D eigenvalue weighted by molar-refractivity contribution is 7.80. The fourth-order valence-corrected chi connectivity index (χ4v) is 3.66. The van der Waals surface area contributed by atoms with Gasteiger partial charge < -0.3 is 16.8 Å². The number of nitrogens with zero attached hydrogens (tertiary/aromatic N) is 5. The lowest BCUT2D eigenvalue weighted by Gasteiger charge is -2.20. The Morgan fingerprint density at radius 2 is 1.97 bits per heavy atom. The van der Waals surface area contributed by atoms with Gasteiger partial charge in [-0.1, -0.05) is 12.2 Å². The number of aromatic nitrogens is 5. The molecule has 0 saturated carbocycles. The molecule has 0 bridgehead atoms. The van der Waals surface area contributed by atoms with Gasteiger partial charge in [0.1, 0.15) is 22.7 Å². The van der Waals surface area contributed by atoms with E-state index in [0.717, 1.165) is 4.68 Å². The lowest BCUT2D eigenvalue weighted by molar-refractivity contribution is -0.285. The third-order valence-electron chi connectivity index (χ3n) is 5.39. The number of nitrogen functional groups attached to an aromatic ring is 1. The number of pyridine rings is 1. The Kier molecular flexibility index (Phi) is 4.99. The molecular weight excluding hydrogens is 471 g/mol. The average molecular weight is 486 g/mol. The Hall–Kier alpha value is -3.49. The maximum atomic E-state index is 13.4. The summed E-state index contributed by atoms with van der Waals surface area (Å²) in [4.78, 5) is 24.8. The number of aryl methyl sites for hydroxylation is 1. The van der Waals surface area contributed by atoms with Crippen LogP contribution in [0.4, 0.5) is 33.6 Å². The first kappa shape index (κ1) is 22.7. The third-order valence-corrected chi connectivity index (χ3v) is 5.80. The van der Waals surface area contributed by atoms with Crippen molar-refractivity contribution in [2.24, 2.45) is 5.73 Å². The van der Waals surface area contributed by atoms with E-state index < -0.39 is 36.4 Å². The van der Waals surface area contributed by atoms with Gasteiger partial charge in [0.15, 0.2) is 11.5 Å². The van der Waals surface area contributed by atoms with Crippen molar-refractivity contribution in [3.05, 3.63) is 23.9 Å². The van der Waals surface area contributed by atoms with Gasteiger partial charge in [-0.25, -0.2) is 19.6 Å². The second-order valence-corrected chi connectivity index (χ2v) is 7.94. The fourth-order valence-electron chi connectivity index (χ4n) is 3.47. The SMILES string of the molecule is C[C@@]1(C(N)=S)C(=O)Nc2nc(-c3nn(CCC(F)(F)C(F)(F)F)c4ncccc34)nc(N)c21. The van der Waals surface area contributed by atoms with E-state index in [9.17, 15) is 26.7 Å². The number of amides is 1. The van der Waals surface area contributed by atoms with E-state index in [-0.39, 0.29) is 44.7 Å². The highest BCUT2D eigenvalue weighted by Crippen LogP contribution is 2.42. The normalized spacial score (nSPS) is 18.4. The quantitative estimate of drug-likeness (QED) is 0.370. The van der Waals surface area contributed by atoms with E-state index in [1.54, 1.807) is 0 Å². The van der Waals surface area contributed by atoms with E-state index in [4.69, 9.17) is 23.7 Å². The summed E-state index contributed by atoms with van der Waals surface area (Å²) < 4.78 is 65.5. The van der Waals surface area contributed by atoms with Crippen LogP contribution in [0.5, 0.6) is 0 Å². The monoisotopic (exact) mass is 486 g/mol. The number of alkyl halides is 5. The Bertz CT molecular complexity index is 1310. The van der Waals surface area contributed by atoms with Gasteiger partial charge in [0, 0.05) is 19.2 Å². The number of thiocarbonyl (C=S) groups is 1. The van der Waals surface area contributed by atoms with Crippen LogP contribution in [0, 0.1) is 0 Å². The van der Waals surface area contributed by atoms with Crippen LogP contribution >= 0.6 is 12.2 Å². The molecule has 174 valence electrons.